The molecule has 0 spiro atoms. The summed E-state index contributed by atoms with van der Waals surface area (Å²) in [6, 6.07) is 21.5. The Kier molecular flexibility index (Phi) is 9.92. The lowest BCUT2D eigenvalue weighted by molar-refractivity contribution is -0.143. The van der Waals surface area contributed by atoms with Gasteiger partial charge in [-0.2, -0.15) is 0 Å². The second-order valence-corrected chi connectivity index (χ2v) is 12.4. The predicted octanol–water partition coefficient (Wildman–Crippen LogP) is 6.86. The molecule has 1 aliphatic carbocycles. The number of hydrogen-bond donors (Lipinski definition) is 1. The minimum absolute atomic E-state index is 0.329. The Hall–Kier alpha value is -2.17. The molecule has 3 aliphatic rings. The van der Waals surface area contributed by atoms with Crippen LogP contribution in [0, 0.1) is 17.8 Å². The van der Waals surface area contributed by atoms with Gasteiger partial charge in [0.15, 0.2) is 0 Å². The number of rotatable bonds is 11. The standard InChI is InChI=1S/C34H48N2O2/c37-34(38)33(23-29-13-6-2-7-14-29)36-25-31(32(26-36)30-17-8-3-9-18-30)24-35-21-19-28(20-22-35)16-10-15-27-11-4-1-5-12-27/h1,3-5,8-9,11-12,17-18,28-29,31-33H,2,6-7,10,13-16,19-26H2,(H,37,38)/t31?,32?,33-/m1/s1. The van der Waals surface area contributed by atoms with Gasteiger partial charge in [-0.25, -0.2) is 0 Å². The van der Waals surface area contributed by atoms with E-state index >= 15 is 0 Å². The van der Waals surface area contributed by atoms with Crippen molar-refractivity contribution in [1.82, 2.24) is 9.80 Å². The van der Waals surface area contributed by atoms with Crippen molar-refractivity contribution in [2.24, 2.45) is 17.8 Å². The lowest BCUT2D eigenvalue weighted by atomic mass is 9.84. The predicted molar refractivity (Wildman–Crippen MR) is 155 cm³/mol. The maximum Gasteiger partial charge on any atom is 0.320 e. The largest absolute Gasteiger partial charge is 0.480 e. The molecule has 3 fully saturated rings. The fourth-order valence-corrected chi connectivity index (χ4v) is 7.60. The van der Waals surface area contributed by atoms with Crippen molar-refractivity contribution in [2.45, 2.75) is 82.6 Å². The molecular weight excluding hydrogens is 468 g/mol. The molecule has 5 rings (SSSR count). The van der Waals surface area contributed by atoms with Crippen LogP contribution >= 0.6 is 0 Å². The van der Waals surface area contributed by atoms with Crippen molar-refractivity contribution >= 4 is 5.97 Å². The topological polar surface area (TPSA) is 43.8 Å². The molecule has 2 aromatic carbocycles. The molecule has 1 saturated carbocycles. The molecule has 3 atom stereocenters. The summed E-state index contributed by atoms with van der Waals surface area (Å²) in [5, 5.41) is 10.2. The fraction of sp³-hybridized carbons (Fsp3) is 0.618. The SMILES string of the molecule is O=C(O)[C@@H](CC1CCCCC1)N1CC(CN2CCC(CCCc3ccccc3)CC2)C(c2ccccc2)C1. The van der Waals surface area contributed by atoms with Crippen molar-refractivity contribution in [3.63, 3.8) is 0 Å². The molecule has 1 N–H and O–H groups in total. The number of aryl methyl sites for hydroxylation is 1. The molecule has 0 aromatic heterocycles. The average molecular weight is 517 g/mol. The van der Waals surface area contributed by atoms with Crippen molar-refractivity contribution < 1.29 is 9.90 Å². The molecule has 2 unspecified atom stereocenters. The van der Waals surface area contributed by atoms with Crippen LogP contribution in [0.25, 0.3) is 0 Å². The summed E-state index contributed by atoms with van der Waals surface area (Å²) in [6.45, 7) is 5.29. The Labute approximate surface area is 230 Å². The van der Waals surface area contributed by atoms with Gasteiger partial charge < -0.3 is 10.0 Å². The third-order valence-corrected chi connectivity index (χ3v) is 9.82. The van der Waals surface area contributed by atoms with Gasteiger partial charge in [-0.1, -0.05) is 99.2 Å². The molecule has 2 aromatic rings. The number of carbonyl (C=O) groups is 1. The minimum atomic E-state index is -0.612. The molecule has 4 nitrogen and oxygen atoms in total. The third-order valence-electron chi connectivity index (χ3n) is 9.82. The van der Waals surface area contributed by atoms with Crippen LogP contribution in [-0.4, -0.2) is 59.6 Å². The molecular formula is C34H48N2O2. The Morgan fingerprint density at radius 3 is 2.21 bits per heavy atom. The van der Waals surface area contributed by atoms with Gasteiger partial charge in [0.05, 0.1) is 0 Å². The Morgan fingerprint density at radius 1 is 0.842 bits per heavy atom. The molecule has 38 heavy (non-hydrogen) atoms. The number of aliphatic carboxylic acids is 1. The monoisotopic (exact) mass is 516 g/mol. The van der Waals surface area contributed by atoms with Crippen molar-refractivity contribution in [2.75, 3.05) is 32.7 Å². The summed E-state index contributed by atoms with van der Waals surface area (Å²) in [6.07, 6.45) is 13.6. The molecule has 0 radical (unpaired) electrons. The lowest BCUT2D eigenvalue weighted by Gasteiger charge is -2.35. The zero-order valence-electron chi connectivity index (χ0n) is 23.2. The van der Waals surface area contributed by atoms with Gasteiger partial charge in [-0.05, 0) is 74.1 Å². The smallest absolute Gasteiger partial charge is 0.320 e. The van der Waals surface area contributed by atoms with E-state index in [4.69, 9.17) is 0 Å². The van der Waals surface area contributed by atoms with Crippen molar-refractivity contribution in [1.29, 1.82) is 0 Å². The van der Waals surface area contributed by atoms with E-state index in [-0.39, 0.29) is 6.04 Å². The lowest BCUT2D eigenvalue weighted by Crippen LogP contribution is -2.42. The molecule has 0 bridgehead atoms. The number of carboxylic acids is 1. The second kappa shape index (κ2) is 13.8. The summed E-state index contributed by atoms with van der Waals surface area (Å²) in [4.78, 5) is 17.5. The van der Waals surface area contributed by atoms with Crippen LogP contribution in [0.5, 0.6) is 0 Å². The molecule has 2 aliphatic heterocycles. The summed E-state index contributed by atoms with van der Waals surface area (Å²) >= 11 is 0. The molecule has 4 heteroatoms. The van der Waals surface area contributed by atoms with Gasteiger partial charge in [0.2, 0.25) is 0 Å². The number of likely N-dealkylation sites (tertiary alicyclic amines) is 2. The number of hydrogen-bond acceptors (Lipinski definition) is 3. The van der Waals surface area contributed by atoms with Crippen molar-refractivity contribution in [3.05, 3.63) is 71.8 Å². The van der Waals surface area contributed by atoms with Gasteiger partial charge in [-0.15, -0.1) is 0 Å². The average Bonchev–Trinajstić information content (AvgIpc) is 3.37. The summed E-state index contributed by atoms with van der Waals surface area (Å²) in [7, 11) is 0. The molecule has 206 valence electrons. The highest BCUT2D eigenvalue weighted by molar-refractivity contribution is 5.73. The Morgan fingerprint density at radius 2 is 1.53 bits per heavy atom. The summed E-state index contributed by atoms with van der Waals surface area (Å²) < 4.78 is 0. The quantitative estimate of drug-likeness (QED) is 0.354. The van der Waals surface area contributed by atoms with Crippen LogP contribution in [0.4, 0.5) is 0 Å². The fourth-order valence-electron chi connectivity index (χ4n) is 7.60. The van der Waals surface area contributed by atoms with Crippen LogP contribution < -0.4 is 0 Å². The van der Waals surface area contributed by atoms with E-state index in [0.29, 0.717) is 17.8 Å². The number of carboxylic acid groups (broad SMARTS) is 1. The van der Waals surface area contributed by atoms with Crippen LogP contribution in [-0.2, 0) is 11.2 Å². The number of nitrogens with zero attached hydrogens (tertiary/aromatic N) is 2. The van der Waals surface area contributed by atoms with E-state index in [2.05, 4.69) is 70.5 Å². The summed E-state index contributed by atoms with van der Waals surface area (Å²) in [5.41, 5.74) is 2.85. The molecule has 2 saturated heterocycles. The van der Waals surface area contributed by atoms with Gasteiger partial charge in [0.1, 0.15) is 6.04 Å². The van der Waals surface area contributed by atoms with E-state index in [0.717, 1.165) is 32.0 Å². The number of benzene rings is 2. The van der Waals surface area contributed by atoms with Gasteiger partial charge in [-0.3, -0.25) is 9.69 Å². The molecule has 2 heterocycles. The van der Waals surface area contributed by atoms with Crippen LogP contribution in [0.3, 0.4) is 0 Å². The zero-order chi connectivity index (χ0) is 26.2. The van der Waals surface area contributed by atoms with Crippen LogP contribution in [0.15, 0.2) is 60.7 Å². The zero-order valence-corrected chi connectivity index (χ0v) is 23.2. The van der Waals surface area contributed by atoms with Crippen molar-refractivity contribution in [3.8, 4) is 0 Å². The molecule has 0 amide bonds. The van der Waals surface area contributed by atoms with E-state index in [1.807, 2.05) is 0 Å². The van der Waals surface area contributed by atoms with Gasteiger partial charge in [0.25, 0.3) is 0 Å². The van der Waals surface area contributed by atoms with Gasteiger partial charge in [0, 0.05) is 25.6 Å². The summed E-state index contributed by atoms with van der Waals surface area (Å²) in [5.74, 6) is 1.75. The van der Waals surface area contributed by atoms with E-state index in [9.17, 15) is 9.90 Å². The number of piperidine rings is 1. The maximum absolute atomic E-state index is 12.5. The second-order valence-electron chi connectivity index (χ2n) is 12.4. The highest BCUT2D eigenvalue weighted by Crippen LogP contribution is 2.37. The van der Waals surface area contributed by atoms with E-state index < -0.39 is 5.97 Å². The van der Waals surface area contributed by atoms with E-state index in [1.165, 1.54) is 88.4 Å². The van der Waals surface area contributed by atoms with Crippen LogP contribution in [0.1, 0.15) is 81.3 Å². The third kappa shape index (κ3) is 7.48. The normalized spacial score (nSPS) is 24.9. The maximum atomic E-state index is 12.5. The first-order chi connectivity index (χ1) is 18.7. The first kappa shape index (κ1) is 27.4. The van der Waals surface area contributed by atoms with Crippen LogP contribution in [0.2, 0.25) is 0 Å². The van der Waals surface area contributed by atoms with Gasteiger partial charge >= 0.3 is 5.97 Å². The van der Waals surface area contributed by atoms with E-state index in [1.54, 1.807) is 0 Å². The highest BCUT2D eigenvalue weighted by atomic mass is 16.4. The first-order valence-corrected chi connectivity index (χ1v) is 15.4. The Balaban J connectivity index is 1.16. The highest BCUT2D eigenvalue weighted by Gasteiger charge is 2.41. The Bertz CT molecular complexity index is 966. The minimum Gasteiger partial charge on any atom is -0.480 e. The first-order valence-electron chi connectivity index (χ1n) is 15.4.